The van der Waals surface area contributed by atoms with Crippen molar-refractivity contribution in [2.75, 3.05) is 6.61 Å². The number of carbonyl (C=O) groups excluding carboxylic acids is 1. The Bertz CT molecular complexity index is 863. The fourth-order valence-corrected chi connectivity index (χ4v) is 2.74. The molecule has 0 amide bonds. The molecule has 0 fully saturated rings. The standard InChI is InChI=1S/C18H17ClN2O3/c1-2-24-17(22)18(23,11-12-6-4-3-5-7-12)16-20-14-9-8-13(19)10-15(14)21-16/h3-10,23H,2,11H2,1H3,(H,20,21)/t18-/m1/s1. The molecule has 0 radical (unpaired) electrons. The molecule has 24 heavy (non-hydrogen) atoms. The number of carbonyl (C=O) groups is 1. The maximum atomic E-state index is 12.5. The zero-order valence-electron chi connectivity index (χ0n) is 13.1. The lowest BCUT2D eigenvalue weighted by Crippen LogP contribution is -2.40. The quantitative estimate of drug-likeness (QED) is 0.697. The second-order valence-electron chi connectivity index (χ2n) is 5.49. The van der Waals surface area contributed by atoms with Crippen LogP contribution in [0.5, 0.6) is 0 Å². The number of hydrogen-bond donors (Lipinski definition) is 2. The van der Waals surface area contributed by atoms with Gasteiger partial charge in [0.25, 0.3) is 0 Å². The average molecular weight is 345 g/mol. The highest BCUT2D eigenvalue weighted by molar-refractivity contribution is 6.31. The van der Waals surface area contributed by atoms with Crippen molar-refractivity contribution in [2.24, 2.45) is 0 Å². The highest BCUT2D eigenvalue weighted by Crippen LogP contribution is 2.28. The van der Waals surface area contributed by atoms with Gasteiger partial charge in [-0.15, -0.1) is 0 Å². The van der Waals surface area contributed by atoms with E-state index in [1.807, 2.05) is 30.3 Å². The molecule has 0 saturated carbocycles. The summed E-state index contributed by atoms with van der Waals surface area (Å²) in [6.07, 6.45) is 0.0558. The fourth-order valence-electron chi connectivity index (χ4n) is 2.57. The van der Waals surface area contributed by atoms with Crippen molar-refractivity contribution in [3.63, 3.8) is 0 Å². The molecule has 0 bridgehead atoms. The van der Waals surface area contributed by atoms with Crippen LogP contribution in [-0.2, 0) is 21.6 Å². The number of aromatic amines is 1. The first kappa shape index (κ1) is 16.5. The Morgan fingerprint density at radius 3 is 2.75 bits per heavy atom. The smallest absolute Gasteiger partial charge is 0.346 e. The molecule has 3 rings (SSSR count). The summed E-state index contributed by atoms with van der Waals surface area (Å²) in [6, 6.07) is 14.4. The van der Waals surface area contributed by atoms with E-state index in [9.17, 15) is 9.90 Å². The third kappa shape index (κ3) is 3.13. The minimum atomic E-state index is -1.90. The van der Waals surface area contributed by atoms with Gasteiger partial charge in [0, 0.05) is 11.4 Å². The number of ether oxygens (including phenoxy) is 1. The summed E-state index contributed by atoms with van der Waals surface area (Å²) in [5.41, 5.74) is 0.160. The van der Waals surface area contributed by atoms with Crippen molar-refractivity contribution in [1.29, 1.82) is 0 Å². The molecule has 1 atom stereocenters. The van der Waals surface area contributed by atoms with Crippen LogP contribution in [0.1, 0.15) is 18.3 Å². The number of nitrogens with one attached hydrogen (secondary N) is 1. The summed E-state index contributed by atoms with van der Waals surface area (Å²) in [7, 11) is 0. The van der Waals surface area contributed by atoms with Crippen molar-refractivity contribution >= 4 is 28.6 Å². The molecule has 0 unspecified atom stereocenters. The van der Waals surface area contributed by atoms with Crippen LogP contribution in [0.25, 0.3) is 11.0 Å². The molecule has 2 N–H and O–H groups in total. The Labute approximate surface area is 144 Å². The van der Waals surface area contributed by atoms with Gasteiger partial charge in [-0.2, -0.15) is 0 Å². The molecule has 0 saturated heterocycles. The van der Waals surface area contributed by atoms with Crippen LogP contribution in [0, 0.1) is 0 Å². The van der Waals surface area contributed by atoms with Gasteiger partial charge in [0.1, 0.15) is 0 Å². The lowest BCUT2D eigenvalue weighted by molar-refractivity contribution is -0.167. The first-order valence-electron chi connectivity index (χ1n) is 7.62. The Morgan fingerprint density at radius 1 is 1.29 bits per heavy atom. The molecular weight excluding hydrogens is 328 g/mol. The molecule has 5 nitrogen and oxygen atoms in total. The van der Waals surface area contributed by atoms with Gasteiger partial charge in [-0.3, -0.25) is 0 Å². The molecule has 1 aromatic heterocycles. The predicted octanol–water partition coefficient (Wildman–Crippen LogP) is 3.21. The molecule has 0 spiro atoms. The normalized spacial score (nSPS) is 13.6. The van der Waals surface area contributed by atoms with Crippen LogP contribution in [-0.4, -0.2) is 27.7 Å². The highest BCUT2D eigenvalue weighted by Gasteiger charge is 2.42. The number of aromatic nitrogens is 2. The molecule has 0 aliphatic heterocycles. The first-order valence-corrected chi connectivity index (χ1v) is 8.00. The molecule has 2 aromatic carbocycles. The third-order valence-corrected chi connectivity index (χ3v) is 3.99. The van der Waals surface area contributed by atoms with Gasteiger partial charge in [0.15, 0.2) is 5.82 Å². The molecule has 6 heteroatoms. The SMILES string of the molecule is CCOC(=O)[C@@](O)(Cc1ccccc1)c1nc2ccc(Cl)cc2[nH]1. The van der Waals surface area contributed by atoms with Gasteiger partial charge in [0.2, 0.25) is 5.60 Å². The Hall–Kier alpha value is -2.37. The second kappa shape index (κ2) is 6.63. The predicted molar refractivity (Wildman–Crippen MR) is 91.8 cm³/mol. The van der Waals surface area contributed by atoms with Crippen molar-refractivity contribution in [2.45, 2.75) is 18.9 Å². The van der Waals surface area contributed by atoms with E-state index in [1.54, 1.807) is 25.1 Å². The van der Waals surface area contributed by atoms with Gasteiger partial charge in [-0.1, -0.05) is 41.9 Å². The summed E-state index contributed by atoms with van der Waals surface area (Å²) in [5.74, 6) is -0.596. The molecular formula is C18H17ClN2O3. The molecule has 0 aliphatic rings. The number of esters is 1. The summed E-state index contributed by atoms with van der Waals surface area (Å²) < 4.78 is 5.08. The van der Waals surface area contributed by atoms with Crippen LogP contribution >= 0.6 is 11.6 Å². The van der Waals surface area contributed by atoms with E-state index in [2.05, 4.69) is 9.97 Å². The van der Waals surface area contributed by atoms with E-state index in [-0.39, 0.29) is 18.9 Å². The van der Waals surface area contributed by atoms with Crippen molar-refractivity contribution in [3.8, 4) is 0 Å². The van der Waals surface area contributed by atoms with E-state index < -0.39 is 11.6 Å². The number of H-pyrrole nitrogens is 1. The average Bonchev–Trinajstić information content (AvgIpc) is 2.99. The summed E-state index contributed by atoms with van der Waals surface area (Å²) in [6.45, 7) is 1.86. The number of imidazole rings is 1. The zero-order chi connectivity index (χ0) is 17.2. The number of benzene rings is 2. The van der Waals surface area contributed by atoms with Crippen molar-refractivity contribution in [1.82, 2.24) is 9.97 Å². The van der Waals surface area contributed by atoms with Crippen LogP contribution in [0.3, 0.4) is 0 Å². The minimum Gasteiger partial charge on any atom is -0.463 e. The zero-order valence-corrected chi connectivity index (χ0v) is 13.9. The monoisotopic (exact) mass is 344 g/mol. The maximum Gasteiger partial charge on any atom is 0.346 e. The van der Waals surface area contributed by atoms with Crippen molar-refractivity contribution < 1.29 is 14.6 Å². The highest BCUT2D eigenvalue weighted by atomic mass is 35.5. The van der Waals surface area contributed by atoms with Gasteiger partial charge >= 0.3 is 5.97 Å². The Morgan fingerprint density at radius 2 is 2.04 bits per heavy atom. The van der Waals surface area contributed by atoms with Gasteiger partial charge < -0.3 is 14.8 Å². The van der Waals surface area contributed by atoms with Gasteiger partial charge in [-0.05, 0) is 30.7 Å². The van der Waals surface area contributed by atoms with E-state index in [0.29, 0.717) is 16.1 Å². The number of halogens is 1. The summed E-state index contributed by atoms with van der Waals surface area (Å²) in [5, 5.41) is 11.6. The van der Waals surface area contributed by atoms with Gasteiger partial charge in [-0.25, -0.2) is 9.78 Å². The largest absolute Gasteiger partial charge is 0.463 e. The van der Waals surface area contributed by atoms with E-state index in [4.69, 9.17) is 16.3 Å². The van der Waals surface area contributed by atoms with Crippen LogP contribution in [0.2, 0.25) is 5.02 Å². The summed E-state index contributed by atoms with van der Waals surface area (Å²) in [4.78, 5) is 19.8. The van der Waals surface area contributed by atoms with Crippen LogP contribution < -0.4 is 0 Å². The number of fused-ring (bicyclic) bond motifs is 1. The topological polar surface area (TPSA) is 75.2 Å². The molecule has 0 aliphatic carbocycles. The number of aliphatic hydroxyl groups is 1. The number of rotatable bonds is 5. The first-order chi connectivity index (χ1) is 11.5. The van der Waals surface area contributed by atoms with E-state index >= 15 is 0 Å². The molecule has 1 heterocycles. The Kier molecular flexibility index (Phi) is 4.55. The third-order valence-electron chi connectivity index (χ3n) is 3.75. The van der Waals surface area contributed by atoms with Crippen molar-refractivity contribution in [3.05, 3.63) is 64.9 Å². The molecule has 3 aromatic rings. The van der Waals surface area contributed by atoms with Gasteiger partial charge in [0.05, 0.1) is 17.6 Å². The maximum absolute atomic E-state index is 12.5. The number of nitrogens with zero attached hydrogens (tertiary/aromatic N) is 1. The van der Waals surface area contributed by atoms with E-state index in [0.717, 1.165) is 5.56 Å². The second-order valence-corrected chi connectivity index (χ2v) is 5.93. The van der Waals surface area contributed by atoms with Crippen LogP contribution in [0.4, 0.5) is 0 Å². The van der Waals surface area contributed by atoms with Crippen LogP contribution in [0.15, 0.2) is 48.5 Å². The summed E-state index contributed by atoms with van der Waals surface area (Å²) >= 11 is 5.98. The lowest BCUT2D eigenvalue weighted by Gasteiger charge is -2.23. The number of hydrogen-bond acceptors (Lipinski definition) is 4. The Balaban J connectivity index is 2.06. The lowest BCUT2D eigenvalue weighted by atomic mass is 9.93. The minimum absolute atomic E-state index is 0.0558. The molecule has 124 valence electrons. The van der Waals surface area contributed by atoms with E-state index in [1.165, 1.54) is 0 Å². The fraction of sp³-hybridized carbons (Fsp3) is 0.222.